The van der Waals surface area contributed by atoms with Crippen LogP contribution in [0, 0.1) is 17.8 Å². The van der Waals surface area contributed by atoms with Crippen LogP contribution < -0.4 is 0 Å². The Bertz CT molecular complexity index is 82.0. The molecule has 0 N–H and O–H groups in total. The molecule has 0 spiro atoms. The van der Waals surface area contributed by atoms with E-state index in [-0.39, 0.29) is 0 Å². The van der Waals surface area contributed by atoms with Crippen LogP contribution in [0.4, 0.5) is 0 Å². The molecule has 0 fully saturated rings. The monoisotopic (exact) mass is 216 g/mol. The molecule has 0 aromatic carbocycles. The van der Waals surface area contributed by atoms with Gasteiger partial charge in [-0.05, 0) is 17.8 Å². The van der Waals surface area contributed by atoms with Crippen molar-refractivity contribution in [2.24, 2.45) is 17.8 Å². The average Bonchev–Trinajstić information content (AvgIpc) is 2.23. The van der Waals surface area contributed by atoms with Gasteiger partial charge in [0.2, 0.25) is 0 Å². The highest BCUT2D eigenvalue weighted by Crippen LogP contribution is 2.18. The van der Waals surface area contributed by atoms with E-state index in [1.54, 1.807) is 0 Å². The second-order valence-electron chi connectivity index (χ2n) is 4.55. The predicted octanol–water partition coefficient (Wildman–Crippen LogP) is 6.16. The molecule has 0 bridgehead atoms. The first-order valence-electron chi connectivity index (χ1n) is 7.04. The van der Waals surface area contributed by atoms with Crippen molar-refractivity contribution in [2.45, 2.75) is 81.6 Å². The normalized spacial score (nSPS) is 11.4. The summed E-state index contributed by atoms with van der Waals surface area (Å²) in [6.45, 7) is 19.6. The summed E-state index contributed by atoms with van der Waals surface area (Å²) in [5.41, 5.74) is 0. The summed E-state index contributed by atoms with van der Waals surface area (Å²) in [5.74, 6) is 2.66. The van der Waals surface area contributed by atoms with Gasteiger partial charge in [-0.3, -0.25) is 0 Å². The van der Waals surface area contributed by atoms with Crippen LogP contribution in [0.1, 0.15) is 81.6 Å². The molecule has 0 aliphatic heterocycles. The summed E-state index contributed by atoms with van der Waals surface area (Å²) in [5, 5.41) is 0. The predicted molar refractivity (Wildman–Crippen MR) is 75.4 cm³/mol. The lowest BCUT2D eigenvalue weighted by Gasteiger charge is -2.15. The second-order valence-corrected chi connectivity index (χ2v) is 4.55. The van der Waals surface area contributed by atoms with Crippen LogP contribution >= 0.6 is 0 Å². The van der Waals surface area contributed by atoms with Crippen LogP contribution in [-0.4, -0.2) is 0 Å². The van der Waals surface area contributed by atoms with E-state index < -0.39 is 0 Å². The Morgan fingerprint density at radius 1 is 0.667 bits per heavy atom. The Labute approximate surface area is 99.9 Å². The molecule has 0 saturated heterocycles. The molecule has 0 aromatic heterocycles. The van der Waals surface area contributed by atoms with Gasteiger partial charge in [-0.25, -0.2) is 0 Å². The van der Waals surface area contributed by atoms with Gasteiger partial charge in [-0.15, -0.1) is 0 Å². The summed E-state index contributed by atoms with van der Waals surface area (Å²) < 4.78 is 0. The van der Waals surface area contributed by atoms with Crippen molar-refractivity contribution in [3.05, 3.63) is 0 Å². The van der Waals surface area contributed by atoms with Crippen LogP contribution in [0.25, 0.3) is 0 Å². The Morgan fingerprint density at radius 3 is 1.33 bits per heavy atom. The average molecular weight is 216 g/mol. The lowest BCUT2D eigenvalue weighted by atomic mass is 9.91. The molecule has 0 nitrogen and oxygen atoms in total. The molecular weight excluding hydrogens is 180 g/mol. The maximum absolute atomic E-state index is 2.37. The molecule has 0 aliphatic rings. The first kappa shape index (κ1) is 20.4. The van der Waals surface area contributed by atoms with E-state index in [2.05, 4.69) is 34.6 Å². The van der Waals surface area contributed by atoms with Gasteiger partial charge >= 0.3 is 0 Å². The van der Waals surface area contributed by atoms with E-state index >= 15 is 0 Å². The SMILES string of the molecule is CC.CC.CC(C)CCCC(C)C(C)C. The maximum atomic E-state index is 2.37. The lowest BCUT2D eigenvalue weighted by Crippen LogP contribution is -2.03. The van der Waals surface area contributed by atoms with Gasteiger partial charge in [-0.1, -0.05) is 81.6 Å². The van der Waals surface area contributed by atoms with Crippen molar-refractivity contribution in [3.63, 3.8) is 0 Å². The molecule has 0 amide bonds. The van der Waals surface area contributed by atoms with Crippen molar-refractivity contribution >= 4 is 0 Å². The standard InChI is InChI=1S/C11H24.2C2H6/c1-9(2)7-6-8-11(5)10(3)4;2*1-2/h9-11H,6-8H2,1-5H3;2*1-2H3. The molecule has 0 aliphatic carbocycles. The molecule has 0 rings (SSSR count). The van der Waals surface area contributed by atoms with E-state index in [4.69, 9.17) is 0 Å². The summed E-state index contributed by atoms with van der Waals surface area (Å²) in [6.07, 6.45) is 4.23. The number of rotatable bonds is 5. The third-order valence-electron chi connectivity index (χ3n) is 2.58. The highest BCUT2D eigenvalue weighted by atomic mass is 14.1. The molecule has 96 valence electrons. The molecule has 15 heavy (non-hydrogen) atoms. The lowest BCUT2D eigenvalue weighted by molar-refractivity contribution is 0.366. The van der Waals surface area contributed by atoms with Crippen LogP contribution in [0.5, 0.6) is 0 Å². The highest BCUT2D eigenvalue weighted by molar-refractivity contribution is 4.57. The van der Waals surface area contributed by atoms with E-state index in [0.29, 0.717) is 0 Å². The third-order valence-corrected chi connectivity index (χ3v) is 2.58. The first-order chi connectivity index (χ1) is 7.04. The zero-order valence-corrected chi connectivity index (χ0v) is 12.9. The Balaban J connectivity index is -0.000000318. The fourth-order valence-electron chi connectivity index (χ4n) is 1.18. The Kier molecular flexibility index (Phi) is 22.4. The molecule has 1 atom stereocenters. The topological polar surface area (TPSA) is 0 Å². The van der Waals surface area contributed by atoms with E-state index in [0.717, 1.165) is 17.8 Å². The third kappa shape index (κ3) is 20.2. The maximum Gasteiger partial charge on any atom is -0.0420 e. The van der Waals surface area contributed by atoms with Crippen LogP contribution in [0.3, 0.4) is 0 Å². The first-order valence-corrected chi connectivity index (χ1v) is 7.04. The molecule has 0 heterocycles. The molecule has 0 aromatic rings. The summed E-state index contributed by atoms with van der Waals surface area (Å²) >= 11 is 0. The van der Waals surface area contributed by atoms with Crippen LogP contribution in [0.2, 0.25) is 0 Å². The van der Waals surface area contributed by atoms with Crippen molar-refractivity contribution in [1.29, 1.82) is 0 Å². The molecule has 0 heteroatoms. The van der Waals surface area contributed by atoms with Crippen LogP contribution in [-0.2, 0) is 0 Å². The summed E-state index contributed by atoms with van der Waals surface area (Å²) in [7, 11) is 0. The minimum absolute atomic E-state index is 0.863. The fourth-order valence-corrected chi connectivity index (χ4v) is 1.18. The summed E-state index contributed by atoms with van der Waals surface area (Å²) in [4.78, 5) is 0. The van der Waals surface area contributed by atoms with Gasteiger partial charge in [0.25, 0.3) is 0 Å². The number of hydrogen-bond donors (Lipinski definition) is 0. The van der Waals surface area contributed by atoms with Crippen LogP contribution in [0.15, 0.2) is 0 Å². The van der Waals surface area contributed by atoms with Gasteiger partial charge in [0.05, 0.1) is 0 Å². The Hall–Kier alpha value is 0. The van der Waals surface area contributed by atoms with Crippen molar-refractivity contribution in [2.75, 3.05) is 0 Å². The van der Waals surface area contributed by atoms with Gasteiger partial charge in [0.1, 0.15) is 0 Å². The second kappa shape index (κ2) is 16.4. The summed E-state index contributed by atoms with van der Waals surface area (Å²) in [6, 6.07) is 0. The van der Waals surface area contributed by atoms with E-state index in [9.17, 15) is 0 Å². The van der Waals surface area contributed by atoms with Gasteiger partial charge in [0.15, 0.2) is 0 Å². The van der Waals surface area contributed by atoms with E-state index in [1.807, 2.05) is 27.7 Å². The van der Waals surface area contributed by atoms with Gasteiger partial charge in [0, 0.05) is 0 Å². The zero-order valence-electron chi connectivity index (χ0n) is 12.9. The molecule has 1 unspecified atom stereocenters. The highest BCUT2D eigenvalue weighted by Gasteiger charge is 2.06. The fraction of sp³-hybridized carbons (Fsp3) is 1.00. The van der Waals surface area contributed by atoms with Gasteiger partial charge < -0.3 is 0 Å². The minimum Gasteiger partial charge on any atom is -0.0683 e. The number of hydrogen-bond acceptors (Lipinski definition) is 0. The zero-order chi connectivity index (χ0) is 12.9. The van der Waals surface area contributed by atoms with E-state index in [1.165, 1.54) is 19.3 Å². The smallest absolute Gasteiger partial charge is 0.0420 e. The molecule has 0 saturated carbocycles. The molecular formula is C15H36. The van der Waals surface area contributed by atoms with Crippen molar-refractivity contribution < 1.29 is 0 Å². The largest absolute Gasteiger partial charge is 0.0683 e. The Morgan fingerprint density at radius 2 is 1.07 bits per heavy atom. The van der Waals surface area contributed by atoms with Gasteiger partial charge in [-0.2, -0.15) is 0 Å². The quantitative estimate of drug-likeness (QED) is 0.516. The van der Waals surface area contributed by atoms with Crippen molar-refractivity contribution in [3.8, 4) is 0 Å². The van der Waals surface area contributed by atoms with Crippen molar-refractivity contribution in [1.82, 2.24) is 0 Å². The molecule has 0 radical (unpaired) electrons. The minimum atomic E-state index is 0.863.